The first-order valence-electron chi connectivity index (χ1n) is 14.2. The molecule has 1 amide bonds. The van der Waals surface area contributed by atoms with E-state index in [0.29, 0.717) is 38.8 Å². The average Bonchev–Trinajstić information content (AvgIpc) is 3.44. The molecule has 1 aliphatic rings. The van der Waals surface area contributed by atoms with Crippen molar-refractivity contribution in [2.24, 2.45) is 5.73 Å². The van der Waals surface area contributed by atoms with Crippen LogP contribution in [0.5, 0.6) is 17.2 Å². The number of aromatic amines is 1. The SMILES string of the molecule is COc1cc(CCN)ccc1C(F)F.COc1ccc2[nH]cc(CC[C@H]3c4cc(C(F)F)c(OC)cc4CCN3C=O)c2c1. The predicted octanol–water partition coefficient (Wildman–Crippen LogP) is 6.95. The summed E-state index contributed by atoms with van der Waals surface area (Å²) in [5.41, 5.74) is 9.91. The zero-order valence-electron chi connectivity index (χ0n) is 24.9. The summed E-state index contributed by atoms with van der Waals surface area (Å²) < 4.78 is 67.4. The number of aryl methyl sites for hydroxylation is 1. The minimum Gasteiger partial charge on any atom is -0.497 e. The molecule has 4 aromatic rings. The van der Waals surface area contributed by atoms with Gasteiger partial charge in [-0.25, -0.2) is 17.6 Å². The van der Waals surface area contributed by atoms with Gasteiger partial charge in [0.1, 0.15) is 17.2 Å². The number of alkyl halides is 4. The number of nitrogens with one attached hydrogen (secondary N) is 1. The summed E-state index contributed by atoms with van der Waals surface area (Å²) in [6.07, 6.45) is 0.239. The molecule has 3 aromatic carbocycles. The van der Waals surface area contributed by atoms with Gasteiger partial charge in [-0.3, -0.25) is 4.79 Å². The highest BCUT2D eigenvalue weighted by Crippen LogP contribution is 2.40. The molecule has 0 bridgehead atoms. The number of nitrogens with two attached hydrogens (primary N) is 1. The van der Waals surface area contributed by atoms with Crippen LogP contribution in [0.15, 0.2) is 54.7 Å². The largest absolute Gasteiger partial charge is 0.497 e. The third-order valence-electron chi connectivity index (χ3n) is 7.89. The summed E-state index contributed by atoms with van der Waals surface area (Å²) in [5.74, 6) is 1.20. The second-order valence-corrected chi connectivity index (χ2v) is 10.4. The molecule has 0 fully saturated rings. The summed E-state index contributed by atoms with van der Waals surface area (Å²) in [7, 11) is 4.41. The van der Waals surface area contributed by atoms with Crippen molar-refractivity contribution in [1.82, 2.24) is 9.88 Å². The van der Waals surface area contributed by atoms with Crippen LogP contribution in [0.25, 0.3) is 10.9 Å². The lowest BCUT2D eigenvalue weighted by molar-refractivity contribution is -0.120. The lowest BCUT2D eigenvalue weighted by atomic mass is 9.87. The van der Waals surface area contributed by atoms with E-state index in [4.69, 9.17) is 19.9 Å². The molecular formula is C33H37F4N3O4. The smallest absolute Gasteiger partial charge is 0.267 e. The summed E-state index contributed by atoms with van der Waals surface area (Å²) in [6.45, 7) is 1.05. The van der Waals surface area contributed by atoms with Crippen molar-refractivity contribution in [3.63, 3.8) is 0 Å². The maximum Gasteiger partial charge on any atom is 0.267 e. The van der Waals surface area contributed by atoms with Crippen LogP contribution in [0.3, 0.4) is 0 Å². The maximum atomic E-state index is 13.6. The predicted molar refractivity (Wildman–Crippen MR) is 161 cm³/mol. The Balaban J connectivity index is 0.000000265. The number of nitrogens with zero attached hydrogens (tertiary/aromatic N) is 1. The van der Waals surface area contributed by atoms with E-state index in [1.54, 1.807) is 30.2 Å². The zero-order valence-corrected chi connectivity index (χ0v) is 24.9. The maximum absolute atomic E-state index is 13.6. The van der Waals surface area contributed by atoms with Crippen molar-refractivity contribution in [2.45, 2.75) is 44.6 Å². The highest BCUT2D eigenvalue weighted by molar-refractivity contribution is 5.84. The van der Waals surface area contributed by atoms with E-state index in [9.17, 15) is 22.4 Å². The van der Waals surface area contributed by atoms with Gasteiger partial charge in [0.25, 0.3) is 12.9 Å². The molecule has 0 saturated heterocycles. The number of benzene rings is 3. The zero-order chi connectivity index (χ0) is 31.8. The van der Waals surface area contributed by atoms with Gasteiger partial charge in [-0.1, -0.05) is 6.07 Å². The Labute approximate surface area is 253 Å². The van der Waals surface area contributed by atoms with E-state index in [-0.39, 0.29) is 28.7 Å². The van der Waals surface area contributed by atoms with Gasteiger partial charge in [-0.15, -0.1) is 0 Å². The molecule has 0 aliphatic carbocycles. The Morgan fingerprint density at radius 3 is 2.30 bits per heavy atom. The van der Waals surface area contributed by atoms with E-state index in [1.165, 1.54) is 26.4 Å². The van der Waals surface area contributed by atoms with Crippen molar-refractivity contribution >= 4 is 17.3 Å². The normalized spacial score (nSPS) is 14.3. The Morgan fingerprint density at radius 1 is 0.932 bits per heavy atom. The van der Waals surface area contributed by atoms with E-state index in [0.717, 1.165) is 45.3 Å². The van der Waals surface area contributed by atoms with E-state index in [2.05, 4.69) is 4.98 Å². The monoisotopic (exact) mass is 615 g/mol. The third-order valence-corrected chi connectivity index (χ3v) is 7.89. The second-order valence-electron chi connectivity index (χ2n) is 10.4. The van der Waals surface area contributed by atoms with Crippen LogP contribution in [-0.2, 0) is 24.1 Å². The molecule has 0 unspecified atom stereocenters. The Bertz CT molecular complexity index is 1560. The first kappa shape index (κ1) is 32.7. The molecule has 1 aromatic heterocycles. The average molecular weight is 616 g/mol. The minimum atomic E-state index is -2.64. The number of fused-ring (bicyclic) bond motifs is 2. The van der Waals surface area contributed by atoms with Gasteiger partial charge in [-0.2, -0.15) is 0 Å². The van der Waals surface area contributed by atoms with Crippen LogP contribution in [0, 0.1) is 0 Å². The fraction of sp³-hybridized carbons (Fsp3) is 0.364. The fourth-order valence-electron chi connectivity index (χ4n) is 5.60. The molecule has 11 heteroatoms. The van der Waals surface area contributed by atoms with Crippen LogP contribution in [-0.4, -0.2) is 50.7 Å². The van der Waals surface area contributed by atoms with Crippen LogP contribution in [0.2, 0.25) is 0 Å². The number of carbonyl (C=O) groups is 1. The van der Waals surface area contributed by atoms with Gasteiger partial charge in [-0.05, 0) is 96.9 Å². The molecule has 236 valence electrons. The number of amides is 1. The lowest BCUT2D eigenvalue weighted by Crippen LogP contribution is -2.34. The molecule has 1 aliphatic heterocycles. The third kappa shape index (κ3) is 7.27. The van der Waals surface area contributed by atoms with E-state index in [1.807, 2.05) is 24.4 Å². The highest BCUT2D eigenvalue weighted by atomic mass is 19.3. The lowest BCUT2D eigenvalue weighted by Gasteiger charge is -2.35. The van der Waals surface area contributed by atoms with Crippen LogP contribution in [0.1, 0.15) is 58.7 Å². The molecule has 5 rings (SSSR count). The molecule has 0 radical (unpaired) electrons. The molecule has 2 heterocycles. The van der Waals surface area contributed by atoms with Gasteiger partial charge < -0.3 is 29.8 Å². The van der Waals surface area contributed by atoms with Crippen molar-refractivity contribution in [3.05, 3.63) is 88.1 Å². The van der Waals surface area contributed by atoms with E-state index < -0.39 is 12.9 Å². The Morgan fingerprint density at radius 2 is 1.66 bits per heavy atom. The van der Waals surface area contributed by atoms with Gasteiger partial charge in [0.2, 0.25) is 6.41 Å². The molecule has 1 atom stereocenters. The van der Waals surface area contributed by atoms with Crippen LogP contribution in [0.4, 0.5) is 17.6 Å². The molecule has 0 saturated carbocycles. The minimum absolute atomic E-state index is 0.0757. The highest BCUT2D eigenvalue weighted by Gasteiger charge is 2.29. The number of hydrogen-bond donors (Lipinski definition) is 2. The summed E-state index contributed by atoms with van der Waals surface area (Å²) in [6, 6.07) is 13.4. The van der Waals surface area contributed by atoms with Crippen molar-refractivity contribution in [2.75, 3.05) is 34.4 Å². The van der Waals surface area contributed by atoms with Gasteiger partial charge in [0, 0.05) is 23.6 Å². The van der Waals surface area contributed by atoms with Crippen molar-refractivity contribution in [3.8, 4) is 17.2 Å². The molecular weight excluding hydrogens is 578 g/mol. The first-order valence-corrected chi connectivity index (χ1v) is 14.2. The molecule has 3 N–H and O–H groups in total. The molecule has 0 spiro atoms. The number of halogens is 4. The quantitative estimate of drug-likeness (QED) is 0.141. The fourth-order valence-corrected chi connectivity index (χ4v) is 5.60. The number of rotatable bonds is 11. The van der Waals surface area contributed by atoms with E-state index >= 15 is 0 Å². The Kier molecular flexibility index (Phi) is 11.1. The van der Waals surface area contributed by atoms with Crippen LogP contribution < -0.4 is 19.9 Å². The van der Waals surface area contributed by atoms with Gasteiger partial charge in [0.05, 0.1) is 38.5 Å². The second kappa shape index (κ2) is 15.0. The van der Waals surface area contributed by atoms with Crippen molar-refractivity contribution in [1.29, 1.82) is 0 Å². The first-order chi connectivity index (χ1) is 21.2. The van der Waals surface area contributed by atoms with Crippen LogP contribution >= 0.6 is 0 Å². The van der Waals surface area contributed by atoms with Gasteiger partial charge >= 0.3 is 0 Å². The number of H-pyrrole nitrogens is 1. The molecule has 44 heavy (non-hydrogen) atoms. The standard InChI is InChI=1S/C23H24F2N2O3.C10H13F2NO/c1-29-16-4-5-20-17(10-16)15(12-26-20)3-6-21-18-11-19(23(24)25)22(30-2)9-14(18)7-8-27(21)13-28;1-14-9-6-7(4-5-13)2-3-8(9)10(11)12/h4-5,9-13,21,23,26H,3,6-8H2,1-2H3;2-3,6,10H,4-5,13H2,1H3/t21-;/m0./s1. The molecule has 7 nitrogen and oxygen atoms in total. The van der Waals surface area contributed by atoms with Crippen molar-refractivity contribution < 1.29 is 36.6 Å². The Hall–Kier alpha value is -4.25. The number of aromatic nitrogens is 1. The number of ether oxygens (including phenoxy) is 3. The summed E-state index contributed by atoms with van der Waals surface area (Å²) in [4.78, 5) is 16.7. The number of methoxy groups -OCH3 is 3. The number of carbonyl (C=O) groups excluding carboxylic acids is 1. The number of hydrogen-bond acceptors (Lipinski definition) is 5. The topological polar surface area (TPSA) is 89.8 Å². The summed E-state index contributed by atoms with van der Waals surface area (Å²) >= 11 is 0. The summed E-state index contributed by atoms with van der Waals surface area (Å²) in [5, 5.41) is 1.06. The van der Waals surface area contributed by atoms with Gasteiger partial charge in [0.15, 0.2) is 0 Å².